The van der Waals surface area contributed by atoms with Gasteiger partial charge in [-0.15, -0.1) is 0 Å². The van der Waals surface area contributed by atoms with Crippen LogP contribution in [0, 0.1) is 11.6 Å². The summed E-state index contributed by atoms with van der Waals surface area (Å²) in [6.07, 6.45) is -0.945. The Morgan fingerprint density at radius 2 is 1.96 bits per heavy atom. The molecule has 1 heterocycles. The SMILES string of the molecule is CC[C@]1(C)NC(=O)N(CC(=O)O[C@H](C)C(=O)Nc2ccc(F)c(F)c2)C1=O. The number of benzene rings is 1. The lowest BCUT2D eigenvalue weighted by molar-refractivity contribution is -0.155. The minimum absolute atomic E-state index is 0.0189. The van der Waals surface area contributed by atoms with E-state index in [0.29, 0.717) is 11.3 Å². The van der Waals surface area contributed by atoms with Gasteiger partial charge in [-0.05, 0) is 32.4 Å². The van der Waals surface area contributed by atoms with Gasteiger partial charge < -0.3 is 15.4 Å². The lowest BCUT2D eigenvalue weighted by Crippen LogP contribution is -2.44. The van der Waals surface area contributed by atoms with Crippen LogP contribution in [0.3, 0.4) is 0 Å². The zero-order valence-electron chi connectivity index (χ0n) is 15.0. The van der Waals surface area contributed by atoms with E-state index in [1.54, 1.807) is 6.92 Å². The van der Waals surface area contributed by atoms with Crippen molar-refractivity contribution in [1.82, 2.24) is 10.2 Å². The van der Waals surface area contributed by atoms with Crippen molar-refractivity contribution < 1.29 is 32.7 Å². The summed E-state index contributed by atoms with van der Waals surface area (Å²) in [4.78, 5) is 48.7. The van der Waals surface area contributed by atoms with Gasteiger partial charge in [-0.1, -0.05) is 6.92 Å². The van der Waals surface area contributed by atoms with Crippen molar-refractivity contribution in [3.63, 3.8) is 0 Å². The van der Waals surface area contributed by atoms with E-state index in [9.17, 15) is 28.0 Å². The van der Waals surface area contributed by atoms with E-state index in [-0.39, 0.29) is 5.69 Å². The predicted octanol–water partition coefficient (Wildman–Crippen LogP) is 1.56. The second-order valence-corrected chi connectivity index (χ2v) is 6.26. The first-order valence-corrected chi connectivity index (χ1v) is 8.17. The molecule has 0 spiro atoms. The molecule has 0 unspecified atom stereocenters. The highest BCUT2D eigenvalue weighted by atomic mass is 19.2. The van der Waals surface area contributed by atoms with Gasteiger partial charge in [0.2, 0.25) is 0 Å². The fourth-order valence-electron chi connectivity index (χ4n) is 2.37. The number of nitrogens with one attached hydrogen (secondary N) is 2. The molecule has 27 heavy (non-hydrogen) atoms. The number of esters is 1. The summed E-state index contributed by atoms with van der Waals surface area (Å²) in [5.74, 6) is -4.53. The molecule has 2 rings (SSSR count). The first-order valence-electron chi connectivity index (χ1n) is 8.17. The fourth-order valence-corrected chi connectivity index (χ4v) is 2.37. The first kappa shape index (κ1) is 20.3. The maximum absolute atomic E-state index is 13.1. The molecule has 0 aliphatic carbocycles. The zero-order valence-corrected chi connectivity index (χ0v) is 15.0. The van der Waals surface area contributed by atoms with Crippen molar-refractivity contribution in [1.29, 1.82) is 0 Å². The van der Waals surface area contributed by atoms with Gasteiger partial charge in [-0.25, -0.2) is 13.6 Å². The van der Waals surface area contributed by atoms with Crippen LogP contribution in [0.4, 0.5) is 19.3 Å². The largest absolute Gasteiger partial charge is 0.451 e. The molecule has 10 heteroatoms. The van der Waals surface area contributed by atoms with E-state index in [2.05, 4.69) is 10.6 Å². The maximum atomic E-state index is 13.1. The number of hydrogen-bond acceptors (Lipinski definition) is 5. The molecule has 146 valence electrons. The molecule has 1 aromatic rings. The summed E-state index contributed by atoms with van der Waals surface area (Å²) in [5, 5.41) is 4.75. The van der Waals surface area contributed by atoms with Gasteiger partial charge in [0.15, 0.2) is 17.7 Å². The average Bonchev–Trinajstić information content (AvgIpc) is 2.82. The van der Waals surface area contributed by atoms with Gasteiger partial charge in [0.1, 0.15) is 12.1 Å². The minimum atomic E-state index is -1.29. The Morgan fingerprint density at radius 1 is 1.30 bits per heavy atom. The van der Waals surface area contributed by atoms with Crippen LogP contribution in [0.5, 0.6) is 0 Å². The molecule has 2 N–H and O–H groups in total. The van der Waals surface area contributed by atoms with E-state index in [4.69, 9.17) is 4.74 Å². The molecule has 1 aliphatic heterocycles. The van der Waals surface area contributed by atoms with Crippen molar-refractivity contribution in [3.05, 3.63) is 29.8 Å². The number of rotatable bonds is 6. The van der Waals surface area contributed by atoms with E-state index in [0.717, 1.165) is 18.2 Å². The van der Waals surface area contributed by atoms with Crippen LogP contribution < -0.4 is 10.6 Å². The topological polar surface area (TPSA) is 105 Å². The highest BCUT2D eigenvalue weighted by Crippen LogP contribution is 2.20. The van der Waals surface area contributed by atoms with Gasteiger partial charge in [0.25, 0.3) is 11.8 Å². The Hall–Kier alpha value is -3.04. The molecular weight excluding hydrogens is 364 g/mol. The molecular formula is C17H19F2N3O5. The number of imide groups is 1. The number of urea groups is 1. The second kappa shape index (κ2) is 7.68. The van der Waals surface area contributed by atoms with E-state index in [1.165, 1.54) is 13.8 Å². The van der Waals surface area contributed by atoms with E-state index < -0.39 is 53.6 Å². The van der Waals surface area contributed by atoms with Crippen LogP contribution in [0.15, 0.2) is 18.2 Å². The van der Waals surface area contributed by atoms with Crippen molar-refractivity contribution in [2.24, 2.45) is 0 Å². The standard InChI is InChI=1S/C17H19F2N3O5/c1-4-17(3)15(25)22(16(26)21-17)8-13(23)27-9(2)14(24)20-10-5-6-11(18)12(19)7-10/h5-7,9H,4,8H2,1-3H3,(H,20,24)(H,21,26)/t9-,17+/m1/s1. The number of halogens is 2. The Balaban J connectivity index is 1.93. The second-order valence-electron chi connectivity index (χ2n) is 6.26. The normalized spacial score (nSPS) is 20.3. The van der Waals surface area contributed by atoms with E-state index >= 15 is 0 Å². The lowest BCUT2D eigenvalue weighted by atomic mass is 9.99. The molecule has 0 aromatic heterocycles. The van der Waals surface area contributed by atoms with Gasteiger partial charge in [-0.3, -0.25) is 19.3 Å². The van der Waals surface area contributed by atoms with Crippen LogP contribution in [-0.4, -0.2) is 46.9 Å². The third-order valence-electron chi connectivity index (χ3n) is 4.20. The smallest absolute Gasteiger partial charge is 0.327 e. The van der Waals surface area contributed by atoms with Crippen molar-refractivity contribution in [2.75, 3.05) is 11.9 Å². The Morgan fingerprint density at radius 3 is 2.52 bits per heavy atom. The fraction of sp³-hybridized carbons (Fsp3) is 0.412. The molecule has 8 nitrogen and oxygen atoms in total. The Kier molecular flexibility index (Phi) is 5.77. The number of amides is 4. The highest BCUT2D eigenvalue weighted by molar-refractivity contribution is 6.08. The summed E-state index contributed by atoms with van der Waals surface area (Å²) in [6.45, 7) is 3.86. The number of hydrogen-bond donors (Lipinski definition) is 2. The number of anilines is 1. The van der Waals surface area contributed by atoms with Crippen LogP contribution in [-0.2, 0) is 19.1 Å². The number of ether oxygens (including phenoxy) is 1. The number of carbonyl (C=O) groups is 4. The molecule has 1 fully saturated rings. The summed E-state index contributed by atoms with van der Waals surface area (Å²) < 4.78 is 30.9. The Labute approximate surface area is 153 Å². The monoisotopic (exact) mass is 383 g/mol. The zero-order chi connectivity index (χ0) is 20.4. The molecule has 0 bridgehead atoms. The van der Waals surface area contributed by atoms with Crippen LogP contribution >= 0.6 is 0 Å². The van der Waals surface area contributed by atoms with Gasteiger partial charge >= 0.3 is 12.0 Å². The summed E-state index contributed by atoms with van der Waals surface area (Å²) in [6, 6.07) is 2.04. The lowest BCUT2D eigenvalue weighted by Gasteiger charge is -2.19. The van der Waals surface area contributed by atoms with Crippen molar-refractivity contribution in [3.8, 4) is 0 Å². The maximum Gasteiger partial charge on any atom is 0.327 e. The third-order valence-corrected chi connectivity index (χ3v) is 4.20. The van der Waals surface area contributed by atoms with E-state index in [1.807, 2.05) is 0 Å². The highest BCUT2D eigenvalue weighted by Gasteiger charge is 2.47. The summed E-state index contributed by atoms with van der Waals surface area (Å²) >= 11 is 0. The molecule has 4 amide bonds. The quantitative estimate of drug-likeness (QED) is 0.573. The molecule has 1 saturated heterocycles. The third kappa shape index (κ3) is 4.39. The predicted molar refractivity (Wildman–Crippen MR) is 89.5 cm³/mol. The molecule has 0 radical (unpaired) electrons. The van der Waals surface area contributed by atoms with Gasteiger partial charge in [-0.2, -0.15) is 0 Å². The molecule has 1 aliphatic rings. The van der Waals surface area contributed by atoms with Crippen molar-refractivity contribution >= 4 is 29.5 Å². The van der Waals surface area contributed by atoms with Gasteiger partial charge in [0, 0.05) is 11.8 Å². The van der Waals surface area contributed by atoms with Crippen LogP contribution in [0.1, 0.15) is 27.2 Å². The van der Waals surface area contributed by atoms with Crippen LogP contribution in [0.2, 0.25) is 0 Å². The van der Waals surface area contributed by atoms with Gasteiger partial charge in [0.05, 0.1) is 0 Å². The van der Waals surface area contributed by atoms with Crippen LogP contribution in [0.25, 0.3) is 0 Å². The van der Waals surface area contributed by atoms with Crippen molar-refractivity contribution in [2.45, 2.75) is 38.8 Å². The molecule has 1 aromatic carbocycles. The summed E-state index contributed by atoms with van der Waals surface area (Å²) in [7, 11) is 0. The number of carbonyl (C=O) groups excluding carboxylic acids is 4. The summed E-state index contributed by atoms with van der Waals surface area (Å²) in [5.41, 5.74) is -1.11. The first-order chi connectivity index (χ1) is 12.6. The Bertz CT molecular complexity index is 801. The average molecular weight is 383 g/mol. The molecule has 0 saturated carbocycles. The molecule has 2 atom stereocenters. The minimum Gasteiger partial charge on any atom is -0.451 e. The number of nitrogens with zero attached hydrogens (tertiary/aromatic N) is 1.